The molecule has 0 aliphatic heterocycles. The van der Waals surface area contributed by atoms with Gasteiger partial charge in [-0.25, -0.2) is 4.79 Å². The molecule has 21 heavy (non-hydrogen) atoms. The lowest BCUT2D eigenvalue weighted by molar-refractivity contribution is 0.112. The van der Waals surface area contributed by atoms with Crippen molar-refractivity contribution < 1.29 is 19.1 Å². The summed E-state index contributed by atoms with van der Waals surface area (Å²) in [4.78, 5) is 26.1. The molecular weight excluding hydrogens is 294 g/mol. The van der Waals surface area contributed by atoms with Gasteiger partial charge in [-0.2, -0.15) is 4.99 Å². The molecule has 5 nitrogen and oxygen atoms in total. The number of isocyanates is 1. The number of aliphatic imine (C=N–C) groups is 1. The van der Waals surface area contributed by atoms with Crippen LogP contribution in [0.2, 0.25) is 5.02 Å². The van der Waals surface area contributed by atoms with Crippen molar-refractivity contribution >= 4 is 24.0 Å². The van der Waals surface area contributed by atoms with Gasteiger partial charge >= 0.3 is 0 Å². The number of ether oxygens (including phenoxy) is 2. The van der Waals surface area contributed by atoms with E-state index in [1.165, 1.54) is 14.2 Å². The van der Waals surface area contributed by atoms with Crippen LogP contribution in [0.3, 0.4) is 0 Å². The van der Waals surface area contributed by atoms with Crippen LogP contribution in [0.5, 0.6) is 11.5 Å². The van der Waals surface area contributed by atoms with E-state index in [2.05, 4.69) is 4.99 Å². The summed E-state index contributed by atoms with van der Waals surface area (Å²) in [5.41, 5.74) is 0.187. The smallest absolute Gasteiger partial charge is 0.235 e. The van der Waals surface area contributed by atoms with Gasteiger partial charge in [-0.15, -0.1) is 0 Å². The highest BCUT2D eigenvalue weighted by molar-refractivity contribution is 6.33. The molecule has 0 spiro atoms. The third-order valence-electron chi connectivity index (χ3n) is 3.94. The van der Waals surface area contributed by atoms with E-state index in [1.54, 1.807) is 12.1 Å². The zero-order valence-corrected chi connectivity index (χ0v) is 12.7. The minimum absolute atomic E-state index is 0.225. The molecule has 6 heteroatoms. The number of rotatable bonds is 5. The summed E-state index contributed by atoms with van der Waals surface area (Å²) in [6, 6.07) is 1.64. The first-order chi connectivity index (χ1) is 10.1. The molecule has 1 saturated carbocycles. The number of benzene rings is 1. The fourth-order valence-corrected chi connectivity index (χ4v) is 3.21. The minimum atomic E-state index is -0.703. The fraction of sp³-hybridized carbons (Fsp3) is 0.467. The summed E-state index contributed by atoms with van der Waals surface area (Å²) in [6.45, 7) is 0. The molecule has 0 unspecified atom stereocenters. The summed E-state index contributed by atoms with van der Waals surface area (Å²) in [7, 11) is 2.92. The van der Waals surface area contributed by atoms with Crippen LogP contribution < -0.4 is 9.47 Å². The van der Waals surface area contributed by atoms with Crippen LogP contribution in [-0.2, 0) is 10.3 Å². The van der Waals surface area contributed by atoms with Gasteiger partial charge in [0.05, 0.1) is 24.8 Å². The number of methoxy groups -OCH3 is 2. The van der Waals surface area contributed by atoms with Gasteiger partial charge in [-0.1, -0.05) is 24.4 Å². The Bertz CT molecular complexity index is 602. The van der Waals surface area contributed by atoms with Gasteiger partial charge in [0.1, 0.15) is 5.54 Å². The molecule has 1 aromatic carbocycles. The monoisotopic (exact) mass is 309 g/mol. The van der Waals surface area contributed by atoms with Gasteiger partial charge in [0, 0.05) is 5.56 Å². The lowest BCUT2D eigenvalue weighted by Gasteiger charge is -2.27. The van der Waals surface area contributed by atoms with E-state index in [4.69, 9.17) is 21.1 Å². The Labute approximate surface area is 127 Å². The van der Waals surface area contributed by atoms with Crippen LogP contribution >= 0.6 is 11.6 Å². The number of aldehydes is 1. The van der Waals surface area contributed by atoms with Crippen molar-refractivity contribution in [2.24, 2.45) is 4.99 Å². The number of carbonyl (C=O) groups excluding carboxylic acids is 2. The maximum Gasteiger partial charge on any atom is 0.235 e. The summed E-state index contributed by atoms with van der Waals surface area (Å²) in [6.07, 6.45) is 5.58. The Morgan fingerprint density at radius 2 is 1.90 bits per heavy atom. The first kappa shape index (κ1) is 15.5. The van der Waals surface area contributed by atoms with Crippen molar-refractivity contribution in [2.45, 2.75) is 31.2 Å². The van der Waals surface area contributed by atoms with E-state index in [1.807, 2.05) is 0 Å². The third kappa shape index (κ3) is 2.55. The molecule has 1 fully saturated rings. The summed E-state index contributed by atoms with van der Waals surface area (Å²) in [5, 5.41) is 0.255. The van der Waals surface area contributed by atoms with Gasteiger partial charge < -0.3 is 9.47 Å². The Morgan fingerprint density at radius 1 is 1.29 bits per heavy atom. The summed E-state index contributed by atoms with van der Waals surface area (Å²) < 4.78 is 10.7. The number of hydrogen-bond donors (Lipinski definition) is 0. The minimum Gasteiger partial charge on any atom is -0.492 e. The highest BCUT2D eigenvalue weighted by atomic mass is 35.5. The molecule has 0 bridgehead atoms. The molecule has 112 valence electrons. The largest absolute Gasteiger partial charge is 0.492 e. The molecule has 1 aliphatic carbocycles. The van der Waals surface area contributed by atoms with E-state index >= 15 is 0 Å². The number of carbonyl (C=O) groups is 1. The second-order valence-corrected chi connectivity index (χ2v) is 5.35. The maximum atomic E-state index is 11.2. The quantitative estimate of drug-likeness (QED) is 0.475. The average molecular weight is 310 g/mol. The molecule has 0 N–H and O–H groups in total. The van der Waals surface area contributed by atoms with Crippen LogP contribution in [0, 0.1) is 0 Å². The normalized spacial score (nSPS) is 16.1. The molecule has 0 amide bonds. The van der Waals surface area contributed by atoms with E-state index in [0.29, 0.717) is 30.4 Å². The molecule has 0 heterocycles. The van der Waals surface area contributed by atoms with Crippen molar-refractivity contribution in [1.82, 2.24) is 0 Å². The van der Waals surface area contributed by atoms with Crippen molar-refractivity contribution in [1.29, 1.82) is 0 Å². The predicted molar refractivity (Wildman–Crippen MR) is 78.2 cm³/mol. The van der Waals surface area contributed by atoms with Crippen molar-refractivity contribution in [3.8, 4) is 11.5 Å². The second-order valence-electron chi connectivity index (χ2n) is 4.95. The summed E-state index contributed by atoms with van der Waals surface area (Å²) >= 11 is 6.18. The van der Waals surface area contributed by atoms with Gasteiger partial charge in [-0.05, 0) is 18.9 Å². The topological polar surface area (TPSA) is 65.0 Å². The zero-order chi connectivity index (χ0) is 15.5. The highest BCUT2D eigenvalue weighted by Gasteiger charge is 2.40. The molecule has 1 aromatic rings. The van der Waals surface area contributed by atoms with Gasteiger partial charge in [0.2, 0.25) is 6.08 Å². The van der Waals surface area contributed by atoms with Crippen molar-refractivity contribution in [3.63, 3.8) is 0 Å². The van der Waals surface area contributed by atoms with E-state index in [9.17, 15) is 9.59 Å². The molecule has 0 atom stereocenters. The molecule has 0 saturated heterocycles. The maximum absolute atomic E-state index is 11.2. The van der Waals surface area contributed by atoms with E-state index < -0.39 is 5.54 Å². The molecule has 0 radical (unpaired) electrons. The Balaban J connectivity index is 2.76. The fourth-order valence-electron chi connectivity index (χ4n) is 2.97. The van der Waals surface area contributed by atoms with Crippen LogP contribution in [0.15, 0.2) is 11.1 Å². The first-order valence-corrected chi connectivity index (χ1v) is 7.00. The molecule has 0 aromatic heterocycles. The van der Waals surface area contributed by atoms with Crippen LogP contribution in [0.1, 0.15) is 41.6 Å². The van der Waals surface area contributed by atoms with Gasteiger partial charge in [0.15, 0.2) is 17.8 Å². The molecule has 1 aliphatic rings. The first-order valence-electron chi connectivity index (χ1n) is 6.62. The summed E-state index contributed by atoms with van der Waals surface area (Å²) in [5.74, 6) is 0.660. The Morgan fingerprint density at radius 3 is 2.38 bits per heavy atom. The zero-order valence-electron chi connectivity index (χ0n) is 11.9. The van der Waals surface area contributed by atoms with Crippen molar-refractivity contribution in [2.75, 3.05) is 14.2 Å². The lowest BCUT2D eigenvalue weighted by atomic mass is 9.87. The predicted octanol–water partition coefficient (Wildman–Crippen LogP) is 3.27. The van der Waals surface area contributed by atoms with Crippen LogP contribution in [0.4, 0.5) is 0 Å². The van der Waals surface area contributed by atoms with E-state index in [-0.39, 0.29) is 16.3 Å². The lowest BCUT2D eigenvalue weighted by Crippen LogP contribution is -2.20. The van der Waals surface area contributed by atoms with Crippen LogP contribution in [-0.4, -0.2) is 26.6 Å². The average Bonchev–Trinajstić information content (AvgIpc) is 2.96. The Kier molecular flexibility index (Phi) is 4.66. The number of halogens is 1. The van der Waals surface area contributed by atoms with Gasteiger partial charge in [0.25, 0.3) is 0 Å². The highest BCUT2D eigenvalue weighted by Crippen LogP contribution is 2.50. The standard InChI is InChI=1S/C15H16ClNO4/c1-20-13-10(8-18)12(16)7-11(14(13)21-2)15(17-9-19)5-3-4-6-15/h7-8H,3-6H2,1-2H3. The van der Waals surface area contributed by atoms with Crippen LogP contribution in [0.25, 0.3) is 0 Å². The second kappa shape index (κ2) is 6.29. The molecule has 2 rings (SSSR count). The SMILES string of the molecule is COc1c(C2(N=C=O)CCCC2)cc(Cl)c(C=O)c1OC. The number of nitrogens with zero attached hydrogens (tertiary/aromatic N) is 1. The Hall–Kier alpha value is -1.84. The van der Waals surface area contributed by atoms with Crippen molar-refractivity contribution in [3.05, 3.63) is 22.2 Å². The van der Waals surface area contributed by atoms with Gasteiger partial charge in [-0.3, -0.25) is 4.79 Å². The van der Waals surface area contributed by atoms with E-state index in [0.717, 1.165) is 12.8 Å². The number of hydrogen-bond acceptors (Lipinski definition) is 5. The molecular formula is C15H16ClNO4. The third-order valence-corrected chi connectivity index (χ3v) is 4.25.